The maximum absolute atomic E-state index is 13.5. The van der Waals surface area contributed by atoms with Gasteiger partial charge < -0.3 is 14.8 Å². The van der Waals surface area contributed by atoms with E-state index in [0.29, 0.717) is 49.4 Å². The Hall–Kier alpha value is -2.74. The van der Waals surface area contributed by atoms with E-state index in [1.165, 1.54) is 18.2 Å². The molecule has 1 spiro atoms. The fourth-order valence-electron chi connectivity index (χ4n) is 4.74. The first-order valence-electron chi connectivity index (χ1n) is 11.7. The van der Waals surface area contributed by atoms with E-state index >= 15 is 0 Å². The molecule has 1 saturated heterocycles. The van der Waals surface area contributed by atoms with Crippen LogP contribution >= 0.6 is 0 Å². The van der Waals surface area contributed by atoms with Gasteiger partial charge in [-0.25, -0.2) is 9.18 Å². The molecule has 1 amide bonds. The van der Waals surface area contributed by atoms with Gasteiger partial charge in [-0.3, -0.25) is 9.48 Å². The lowest BCUT2D eigenvalue weighted by Gasteiger charge is -2.36. The van der Waals surface area contributed by atoms with E-state index in [-0.39, 0.29) is 29.7 Å². The van der Waals surface area contributed by atoms with Crippen molar-refractivity contribution in [3.8, 4) is 0 Å². The molecule has 1 N–H and O–H groups in total. The number of ether oxygens (including phenoxy) is 2. The topological polar surface area (TPSA) is 82.5 Å². The quantitative estimate of drug-likeness (QED) is 0.672. The first-order valence-corrected chi connectivity index (χ1v) is 11.7. The second-order valence-electron chi connectivity index (χ2n) is 9.44. The molecule has 8 heteroatoms. The van der Waals surface area contributed by atoms with E-state index < -0.39 is 5.97 Å². The molecule has 33 heavy (non-hydrogen) atoms. The first-order chi connectivity index (χ1) is 15.8. The molecule has 178 valence electrons. The van der Waals surface area contributed by atoms with Crippen molar-refractivity contribution in [1.29, 1.82) is 0 Å². The average Bonchev–Trinajstić information content (AvgIpc) is 3.07. The highest BCUT2D eigenvalue weighted by Crippen LogP contribution is 2.37. The van der Waals surface area contributed by atoms with Gasteiger partial charge in [-0.05, 0) is 61.8 Å². The minimum absolute atomic E-state index is 0.0128. The number of carbonyl (C=O) groups is 2. The molecule has 0 radical (unpaired) electrons. The molecule has 4 rings (SSSR count). The van der Waals surface area contributed by atoms with Gasteiger partial charge in [0.2, 0.25) is 0 Å². The summed E-state index contributed by atoms with van der Waals surface area (Å²) in [5.41, 5.74) is 3.20. The van der Waals surface area contributed by atoms with Crippen LogP contribution in [0, 0.1) is 24.1 Å². The Bertz CT molecular complexity index is 1040. The fraction of sp³-hybridized carbons (Fsp3) is 0.560. The SMILES string of the molecule is CCc1nn(C[C@@H](C)COC(=O)c2ccc(F)c(C)c2)c2c1C(=O)NCC1(CCOCC1)C2. The van der Waals surface area contributed by atoms with Crippen molar-refractivity contribution in [2.45, 2.75) is 53.0 Å². The van der Waals surface area contributed by atoms with Gasteiger partial charge in [-0.15, -0.1) is 0 Å². The third-order valence-corrected chi connectivity index (χ3v) is 6.79. The normalized spacial score (nSPS) is 18.4. The van der Waals surface area contributed by atoms with E-state index in [2.05, 4.69) is 5.32 Å². The van der Waals surface area contributed by atoms with Crippen LogP contribution in [0.2, 0.25) is 0 Å². The maximum atomic E-state index is 13.5. The molecule has 1 fully saturated rings. The number of fused-ring (bicyclic) bond motifs is 1. The molecule has 2 aromatic rings. The van der Waals surface area contributed by atoms with Crippen LogP contribution in [0.5, 0.6) is 0 Å². The van der Waals surface area contributed by atoms with Crippen molar-refractivity contribution >= 4 is 11.9 Å². The third-order valence-electron chi connectivity index (χ3n) is 6.79. The van der Waals surface area contributed by atoms with Gasteiger partial charge in [0.15, 0.2) is 0 Å². The van der Waals surface area contributed by atoms with Gasteiger partial charge in [-0.2, -0.15) is 5.10 Å². The van der Waals surface area contributed by atoms with E-state index in [1.807, 2.05) is 18.5 Å². The molecule has 1 atom stereocenters. The van der Waals surface area contributed by atoms with Gasteiger partial charge in [-0.1, -0.05) is 13.8 Å². The molecular formula is C25H32FN3O4. The van der Waals surface area contributed by atoms with Crippen molar-refractivity contribution in [2.24, 2.45) is 11.3 Å². The lowest BCUT2D eigenvalue weighted by atomic mass is 9.76. The largest absolute Gasteiger partial charge is 0.462 e. The monoisotopic (exact) mass is 457 g/mol. The smallest absolute Gasteiger partial charge is 0.338 e. The van der Waals surface area contributed by atoms with E-state index in [1.54, 1.807) is 6.92 Å². The number of carbonyl (C=O) groups excluding carboxylic acids is 2. The number of esters is 1. The van der Waals surface area contributed by atoms with Gasteiger partial charge in [0, 0.05) is 32.2 Å². The van der Waals surface area contributed by atoms with Gasteiger partial charge >= 0.3 is 5.97 Å². The summed E-state index contributed by atoms with van der Waals surface area (Å²) in [5, 5.41) is 7.89. The Morgan fingerprint density at radius 2 is 2.12 bits per heavy atom. The van der Waals surface area contributed by atoms with Crippen LogP contribution in [0.3, 0.4) is 0 Å². The molecule has 1 aromatic carbocycles. The summed E-state index contributed by atoms with van der Waals surface area (Å²) in [4.78, 5) is 25.3. The number of halogens is 1. The summed E-state index contributed by atoms with van der Waals surface area (Å²) < 4.78 is 26.5. The lowest BCUT2D eigenvalue weighted by molar-refractivity contribution is 0.0151. The summed E-state index contributed by atoms with van der Waals surface area (Å²) in [6.07, 6.45) is 3.26. The van der Waals surface area contributed by atoms with Crippen LogP contribution in [-0.4, -0.2) is 48.0 Å². The van der Waals surface area contributed by atoms with Crippen molar-refractivity contribution in [3.05, 3.63) is 52.1 Å². The Morgan fingerprint density at radius 1 is 1.36 bits per heavy atom. The molecule has 0 unspecified atom stereocenters. The minimum atomic E-state index is -0.473. The van der Waals surface area contributed by atoms with Crippen molar-refractivity contribution in [3.63, 3.8) is 0 Å². The van der Waals surface area contributed by atoms with Crippen LogP contribution in [0.25, 0.3) is 0 Å². The number of nitrogens with one attached hydrogen (secondary N) is 1. The van der Waals surface area contributed by atoms with Crippen LogP contribution < -0.4 is 5.32 Å². The average molecular weight is 458 g/mol. The predicted octanol–water partition coefficient (Wildman–Crippen LogP) is 3.47. The number of hydrogen-bond acceptors (Lipinski definition) is 5. The molecule has 2 aliphatic rings. The second-order valence-corrected chi connectivity index (χ2v) is 9.44. The van der Waals surface area contributed by atoms with Gasteiger partial charge in [0.25, 0.3) is 5.91 Å². The molecule has 0 aliphatic carbocycles. The van der Waals surface area contributed by atoms with E-state index in [0.717, 1.165) is 30.7 Å². The minimum Gasteiger partial charge on any atom is -0.462 e. The molecule has 0 saturated carbocycles. The number of nitrogens with zero attached hydrogens (tertiary/aromatic N) is 2. The summed E-state index contributed by atoms with van der Waals surface area (Å²) in [5.74, 6) is -0.889. The number of amides is 1. The zero-order chi connectivity index (χ0) is 23.6. The fourth-order valence-corrected chi connectivity index (χ4v) is 4.74. The predicted molar refractivity (Wildman–Crippen MR) is 121 cm³/mol. The number of rotatable bonds is 6. The van der Waals surface area contributed by atoms with Gasteiger partial charge in [0.1, 0.15) is 5.82 Å². The molecule has 0 bridgehead atoms. The van der Waals surface area contributed by atoms with E-state index in [9.17, 15) is 14.0 Å². The summed E-state index contributed by atoms with van der Waals surface area (Å²) in [6, 6.07) is 4.20. The lowest BCUT2D eigenvalue weighted by Crippen LogP contribution is -2.41. The number of aromatic nitrogens is 2. The van der Waals surface area contributed by atoms with Crippen molar-refractivity contribution < 1.29 is 23.5 Å². The number of benzene rings is 1. The highest BCUT2D eigenvalue weighted by molar-refractivity contribution is 5.97. The summed E-state index contributed by atoms with van der Waals surface area (Å²) in [6.45, 7) is 8.41. The van der Waals surface area contributed by atoms with Crippen LogP contribution in [0.15, 0.2) is 18.2 Å². The highest BCUT2D eigenvalue weighted by atomic mass is 19.1. The Labute approximate surface area is 193 Å². The summed E-state index contributed by atoms with van der Waals surface area (Å²) >= 11 is 0. The highest BCUT2D eigenvalue weighted by Gasteiger charge is 2.39. The van der Waals surface area contributed by atoms with Crippen molar-refractivity contribution in [2.75, 3.05) is 26.4 Å². The molecule has 1 aromatic heterocycles. The second kappa shape index (κ2) is 9.63. The molecule has 2 aliphatic heterocycles. The van der Waals surface area contributed by atoms with Crippen LogP contribution in [-0.2, 0) is 28.9 Å². The van der Waals surface area contributed by atoms with Gasteiger partial charge in [0.05, 0.1) is 29.1 Å². The molecule has 3 heterocycles. The van der Waals surface area contributed by atoms with E-state index in [4.69, 9.17) is 14.6 Å². The molecular weight excluding hydrogens is 425 g/mol. The van der Waals surface area contributed by atoms with Crippen molar-refractivity contribution in [1.82, 2.24) is 15.1 Å². The Kier molecular flexibility index (Phi) is 6.83. The van der Waals surface area contributed by atoms with Crippen LogP contribution in [0.1, 0.15) is 64.4 Å². The Morgan fingerprint density at radius 3 is 2.82 bits per heavy atom. The van der Waals surface area contributed by atoms with Crippen LogP contribution in [0.4, 0.5) is 4.39 Å². The number of aryl methyl sites for hydroxylation is 2. The number of hydrogen-bond donors (Lipinski definition) is 1. The maximum Gasteiger partial charge on any atom is 0.338 e. The third kappa shape index (κ3) is 4.95. The summed E-state index contributed by atoms with van der Waals surface area (Å²) in [7, 11) is 0. The zero-order valence-electron chi connectivity index (χ0n) is 19.6. The first kappa shape index (κ1) is 23.4. The Balaban J connectivity index is 1.49. The molecule has 7 nitrogen and oxygen atoms in total. The zero-order valence-corrected chi connectivity index (χ0v) is 19.6. The standard InChI is InChI=1S/C25H32FN3O4/c1-4-20-22-21(12-25(15-27-23(22)30)7-9-32-10-8-25)29(28-20)13-16(2)14-33-24(31)18-5-6-19(26)17(3)11-18/h5-6,11,16H,4,7-10,12-15H2,1-3H3,(H,27,30)/t16-/m1/s1.